The van der Waals surface area contributed by atoms with Crippen molar-refractivity contribution in [2.45, 2.75) is 19.5 Å². The van der Waals surface area contributed by atoms with Crippen LogP contribution in [0.4, 0.5) is 13.2 Å². The minimum atomic E-state index is -4.46. The van der Waals surface area contributed by atoms with Crippen molar-refractivity contribution >= 4 is 34.8 Å². The molecule has 0 bridgehead atoms. The Morgan fingerprint density at radius 3 is 2.32 bits per heavy atom. The van der Waals surface area contributed by atoms with Crippen LogP contribution >= 0.6 is 23.2 Å². The van der Waals surface area contributed by atoms with Gasteiger partial charge in [-0.2, -0.15) is 13.2 Å². The van der Waals surface area contributed by atoms with Crippen molar-refractivity contribution in [2.75, 3.05) is 13.1 Å². The lowest BCUT2D eigenvalue weighted by molar-refractivity contribution is -0.137. The first-order valence-corrected chi connectivity index (χ1v) is 12.0. The fourth-order valence-electron chi connectivity index (χ4n) is 3.14. The third-order valence-corrected chi connectivity index (χ3v) is 6.06. The average Bonchev–Trinajstić information content (AvgIpc) is 2.88. The summed E-state index contributed by atoms with van der Waals surface area (Å²) in [4.78, 5) is 20.4. The molecule has 0 aliphatic carbocycles. The van der Waals surface area contributed by atoms with Gasteiger partial charge < -0.3 is 15.5 Å². The molecule has 1 aromatic heterocycles. The van der Waals surface area contributed by atoms with Crippen molar-refractivity contribution < 1.29 is 22.7 Å². The predicted molar refractivity (Wildman–Crippen MR) is 141 cm³/mol. The number of hydrazine groups is 1. The molecule has 0 aliphatic heterocycles. The Morgan fingerprint density at radius 2 is 1.74 bits per heavy atom. The van der Waals surface area contributed by atoms with Gasteiger partial charge in [0, 0.05) is 35.1 Å². The van der Waals surface area contributed by atoms with E-state index in [-0.39, 0.29) is 29.1 Å². The number of aromatic nitrogens is 1. The second-order valence-electron chi connectivity index (χ2n) is 8.10. The molecule has 0 saturated carbocycles. The Labute approximate surface area is 227 Å². The lowest BCUT2D eigenvalue weighted by Crippen LogP contribution is -2.36. The van der Waals surface area contributed by atoms with Crippen molar-refractivity contribution in [1.82, 2.24) is 9.99 Å². The molecule has 38 heavy (non-hydrogen) atoms. The Kier molecular flexibility index (Phi) is 9.73. The van der Waals surface area contributed by atoms with Crippen LogP contribution in [-0.2, 0) is 12.6 Å². The zero-order valence-corrected chi connectivity index (χ0v) is 21.7. The standard InChI is InChI=1S/C26H24Cl2F3N5O2/c1-16(36(33)15-22(37)18-4-7-20(27)8-5-18)24(28)25(32)34-13-12-17-2-9-21(10-3-17)38-23-11-6-19(14-35-23)26(29,30)31/h2-11,14H,12-13,15,33H2,1H3,(H2,32,34). The van der Waals surface area contributed by atoms with Crippen LogP contribution in [-0.4, -0.2) is 34.7 Å². The number of benzene rings is 2. The predicted octanol–water partition coefficient (Wildman–Crippen LogP) is 5.97. The molecule has 3 rings (SSSR count). The van der Waals surface area contributed by atoms with Crippen LogP contribution in [0.25, 0.3) is 0 Å². The van der Waals surface area contributed by atoms with E-state index >= 15 is 0 Å². The highest BCUT2D eigenvalue weighted by Gasteiger charge is 2.30. The largest absolute Gasteiger partial charge is 0.439 e. The van der Waals surface area contributed by atoms with E-state index in [0.717, 1.165) is 23.9 Å². The summed E-state index contributed by atoms with van der Waals surface area (Å²) in [5.74, 6) is 6.33. The molecule has 0 fully saturated rings. The number of halogens is 5. The topological polar surface area (TPSA) is 107 Å². The van der Waals surface area contributed by atoms with Crippen LogP contribution in [0.1, 0.15) is 28.4 Å². The lowest BCUT2D eigenvalue weighted by atomic mass is 10.1. The van der Waals surface area contributed by atoms with Crippen LogP contribution in [0.15, 0.2) is 82.6 Å². The molecule has 0 atom stereocenters. The first-order chi connectivity index (χ1) is 17.9. The van der Waals surface area contributed by atoms with Crippen LogP contribution in [0.3, 0.4) is 0 Å². The van der Waals surface area contributed by atoms with E-state index in [0.29, 0.717) is 35.0 Å². The number of alkyl halides is 3. The number of hydrogen-bond acceptors (Lipinski definition) is 6. The fraction of sp³-hybridized carbons (Fsp3) is 0.192. The van der Waals surface area contributed by atoms with Gasteiger partial charge in [-0.1, -0.05) is 35.3 Å². The number of nitrogens with zero attached hydrogens (tertiary/aromatic N) is 3. The molecule has 0 radical (unpaired) electrons. The summed E-state index contributed by atoms with van der Waals surface area (Å²) < 4.78 is 43.4. The van der Waals surface area contributed by atoms with Gasteiger partial charge >= 0.3 is 6.18 Å². The monoisotopic (exact) mass is 565 g/mol. The number of amidine groups is 1. The molecule has 0 aliphatic rings. The van der Waals surface area contributed by atoms with Crippen LogP contribution in [0.5, 0.6) is 11.6 Å². The molecule has 0 spiro atoms. The number of carbonyl (C=O) groups excluding carboxylic acids is 1. The Bertz CT molecular complexity index is 1310. The number of Topliss-reactive ketones (excluding diaryl/α,β-unsaturated/α-hetero) is 1. The number of carbonyl (C=O) groups is 1. The Balaban J connectivity index is 1.53. The van der Waals surface area contributed by atoms with Gasteiger partial charge in [-0.05, 0) is 61.4 Å². The minimum Gasteiger partial charge on any atom is -0.439 e. The van der Waals surface area contributed by atoms with E-state index in [1.54, 1.807) is 55.5 Å². The maximum absolute atomic E-state index is 12.6. The zero-order chi connectivity index (χ0) is 27.9. The smallest absolute Gasteiger partial charge is 0.417 e. The molecule has 0 saturated heterocycles. The molecule has 0 unspecified atom stereocenters. The second-order valence-corrected chi connectivity index (χ2v) is 8.92. The van der Waals surface area contributed by atoms with E-state index < -0.39 is 11.7 Å². The van der Waals surface area contributed by atoms with Crippen LogP contribution in [0.2, 0.25) is 5.02 Å². The number of hydrogen-bond donors (Lipinski definition) is 2. The summed E-state index contributed by atoms with van der Waals surface area (Å²) in [6.45, 7) is 1.84. The van der Waals surface area contributed by atoms with E-state index in [9.17, 15) is 18.0 Å². The third kappa shape index (κ3) is 8.20. The zero-order valence-electron chi connectivity index (χ0n) is 20.2. The van der Waals surface area contributed by atoms with E-state index in [4.69, 9.17) is 39.5 Å². The maximum atomic E-state index is 12.6. The van der Waals surface area contributed by atoms with Crippen molar-refractivity contribution in [1.29, 1.82) is 0 Å². The highest BCUT2D eigenvalue weighted by molar-refractivity contribution is 6.43. The molecule has 2 aromatic carbocycles. The normalized spacial score (nSPS) is 12.7. The SMILES string of the molecule is CC(=C(Cl)C(N)=NCCc1ccc(Oc2ccc(C(F)(F)F)cn2)cc1)N(N)CC(=O)c1ccc(Cl)cc1. The number of pyridine rings is 1. The van der Waals surface area contributed by atoms with E-state index in [1.165, 1.54) is 5.01 Å². The molecule has 4 N–H and O–H groups in total. The molecular formula is C26H24Cl2F3N5O2. The van der Waals surface area contributed by atoms with E-state index in [1.807, 2.05) is 0 Å². The summed E-state index contributed by atoms with van der Waals surface area (Å²) in [5, 5.41) is 1.85. The number of ether oxygens (including phenoxy) is 1. The van der Waals surface area contributed by atoms with E-state index in [2.05, 4.69) is 9.98 Å². The van der Waals surface area contributed by atoms with Gasteiger partial charge in [0.1, 0.15) is 16.6 Å². The van der Waals surface area contributed by atoms with Gasteiger partial charge in [0.2, 0.25) is 5.88 Å². The third-order valence-electron chi connectivity index (χ3n) is 5.35. The van der Waals surface area contributed by atoms with Gasteiger partial charge in [-0.3, -0.25) is 9.79 Å². The number of rotatable bonds is 10. The van der Waals surface area contributed by atoms with Gasteiger partial charge in [-0.15, -0.1) is 0 Å². The molecule has 3 aromatic rings. The second kappa shape index (κ2) is 12.8. The van der Waals surface area contributed by atoms with Gasteiger partial charge in [0.25, 0.3) is 0 Å². The summed E-state index contributed by atoms with van der Waals surface area (Å²) >= 11 is 12.2. The molecular weight excluding hydrogens is 542 g/mol. The molecule has 1 heterocycles. The molecule has 0 amide bonds. The van der Waals surface area contributed by atoms with Crippen LogP contribution < -0.4 is 16.3 Å². The van der Waals surface area contributed by atoms with Crippen LogP contribution in [0, 0.1) is 0 Å². The summed E-state index contributed by atoms with van der Waals surface area (Å²) in [7, 11) is 0. The summed E-state index contributed by atoms with van der Waals surface area (Å²) in [6.07, 6.45) is -3.21. The molecule has 200 valence electrons. The Morgan fingerprint density at radius 1 is 1.08 bits per heavy atom. The Hall–Kier alpha value is -3.60. The average molecular weight is 566 g/mol. The number of allylic oxidation sites excluding steroid dienone is 1. The highest BCUT2D eigenvalue weighted by Crippen LogP contribution is 2.30. The molecule has 12 heteroatoms. The van der Waals surface area contributed by atoms with Crippen molar-refractivity contribution in [3.8, 4) is 11.6 Å². The number of aliphatic imine (C=N–C) groups is 1. The fourth-order valence-corrected chi connectivity index (χ4v) is 3.43. The lowest BCUT2D eigenvalue weighted by Gasteiger charge is -2.20. The quantitative estimate of drug-likeness (QED) is 0.103. The number of nitrogens with two attached hydrogens (primary N) is 2. The summed E-state index contributed by atoms with van der Waals surface area (Å²) in [6, 6.07) is 15.4. The highest BCUT2D eigenvalue weighted by atomic mass is 35.5. The van der Waals surface area contributed by atoms with Gasteiger partial charge in [0.05, 0.1) is 12.1 Å². The maximum Gasteiger partial charge on any atom is 0.417 e. The van der Waals surface area contributed by atoms with Crippen molar-refractivity contribution in [2.24, 2.45) is 16.6 Å². The molecule has 7 nitrogen and oxygen atoms in total. The van der Waals surface area contributed by atoms with Gasteiger partial charge in [0.15, 0.2) is 5.78 Å². The van der Waals surface area contributed by atoms with Crippen molar-refractivity contribution in [3.05, 3.63) is 99.3 Å². The summed E-state index contributed by atoms with van der Waals surface area (Å²) in [5.41, 5.74) is 6.92. The van der Waals surface area contributed by atoms with Crippen molar-refractivity contribution in [3.63, 3.8) is 0 Å². The first-order valence-electron chi connectivity index (χ1n) is 11.2. The van der Waals surface area contributed by atoms with Gasteiger partial charge in [-0.25, -0.2) is 10.8 Å². The number of ketones is 1. The minimum absolute atomic E-state index is 0.0451. The first kappa shape index (κ1) is 29.0.